The van der Waals surface area contributed by atoms with Gasteiger partial charge in [-0.25, -0.2) is 10.5 Å². The van der Waals surface area contributed by atoms with Crippen LogP contribution in [0.2, 0.25) is 0 Å². The van der Waals surface area contributed by atoms with E-state index in [4.69, 9.17) is 5.21 Å². The van der Waals surface area contributed by atoms with Crippen LogP contribution in [0.1, 0.15) is 36.7 Å². The molecule has 1 aromatic heterocycles. The van der Waals surface area contributed by atoms with Gasteiger partial charge in [0.15, 0.2) is 0 Å². The van der Waals surface area contributed by atoms with Crippen LogP contribution in [0.15, 0.2) is 42.5 Å². The number of fused-ring (bicyclic) bond motifs is 1. The maximum atomic E-state index is 11.5. The van der Waals surface area contributed by atoms with Gasteiger partial charge in [-0.2, -0.15) is 0 Å². The molecule has 3 N–H and O–H groups in total. The third kappa shape index (κ3) is 2.96. The summed E-state index contributed by atoms with van der Waals surface area (Å²) in [5, 5.41) is 8.71. The van der Waals surface area contributed by atoms with E-state index >= 15 is 0 Å². The Morgan fingerprint density at radius 2 is 1.83 bits per heavy atom. The highest BCUT2D eigenvalue weighted by atomic mass is 16.5. The average molecular weight is 309 g/mol. The van der Waals surface area contributed by atoms with Crippen molar-refractivity contribution in [2.45, 2.75) is 26.2 Å². The second-order valence-corrected chi connectivity index (χ2v) is 6.59. The van der Waals surface area contributed by atoms with E-state index in [2.05, 4.69) is 42.9 Å². The molecule has 0 unspecified atom stereocenters. The Hall–Kier alpha value is -2.66. The lowest BCUT2D eigenvalue weighted by Crippen LogP contribution is -2.18. The minimum Gasteiger partial charge on any atom is -0.338 e. The maximum absolute atomic E-state index is 11.5. The number of nitrogens with one attached hydrogen (secondary N) is 2. The fourth-order valence-corrected chi connectivity index (χ4v) is 2.48. The van der Waals surface area contributed by atoms with Gasteiger partial charge in [-0.3, -0.25) is 10.0 Å². The molecule has 23 heavy (non-hydrogen) atoms. The molecule has 0 saturated heterocycles. The molecule has 0 bridgehead atoms. The molecule has 0 saturated carbocycles. The van der Waals surface area contributed by atoms with Gasteiger partial charge in [-0.05, 0) is 29.2 Å². The van der Waals surface area contributed by atoms with Crippen molar-refractivity contribution in [1.82, 2.24) is 15.4 Å². The lowest BCUT2D eigenvalue weighted by molar-refractivity contribution is 0.0706. The molecule has 5 heteroatoms. The van der Waals surface area contributed by atoms with E-state index in [1.54, 1.807) is 23.7 Å². The molecular weight excluding hydrogens is 290 g/mol. The van der Waals surface area contributed by atoms with Crippen LogP contribution in [0, 0.1) is 0 Å². The number of hydrogen-bond donors (Lipinski definition) is 3. The Bertz CT molecular complexity index is 858. The largest absolute Gasteiger partial charge is 0.338 e. The number of carbonyl (C=O) groups excluding carboxylic acids is 1. The van der Waals surface area contributed by atoms with E-state index in [-0.39, 0.29) is 5.41 Å². The molecular formula is C18H19N3O2. The van der Waals surface area contributed by atoms with Crippen molar-refractivity contribution < 1.29 is 10.0 Å². The number of carbonyl (C=O) groups is 1. The zero-order valence-electron chi connectivity index (χ0n) is 13.3. The summed E-state index contributed by atoms with van der Waals surface area (Å²) in [6.07, 6.45) is 0. The summed E-state index contributed by atoms with van der Waals surface area (Å²) in [6.45, 7) is 6.53. The first kappa shape index (κ1) is 15.2. The maximum Gasteiger partial charge on any atom is 0.274 e. The van der Waals surface area contributed by atoms with Crippen LogP contribution < -0.4 is 5.48 Å². The summed E-state index contributed by atoms with van der Waals surface area (Å²) in [4.78, 5) is 19.2. The molecule has 0 aliphatic heterocycles. The number of benzene rings is 2. The zero-order chi connectivity index (χ0) is 16.6. The Kier molecular flexibility index (Phi) is 3.66. The molecule has 2 aromatic carbocycles. The second-order valence-electron chi connectivity index (χ2n) is 6.59. The number of imidazole rings is 1. The number of rotatable bonds is 2. The van der Waals surface area contributed by atoms with Crippen molar-refractivity contribution in [2.24, 2.45) is 0 Å². The van der Waals surface area contributed by atoms with Gasteiger partial charge in [0, 0.05) is 11.1 Å². The Labute approximate surface area is 134 Å². The van der Waals surface area contributed by atoms with Crippen LogP contribution in [-0.4, -0.2) is 21.1 Å². The first-order valence-corrected chi connectivity index (χ1v) is 7.43. The second kappa shape index (κ2) is 5.52. The van der Waals surface area contributed by atoms with Crippen molar-refractivity contribution in [1.29, 1.82) is 0 Å². The predicted molar refractivity (Wildman–Crippen MR) is 89.5 cm³/mol. The van der Waals surface area contributed by atoms with Gasteiger partial charge in [0.25, 0.3) is 5.91 Å². The van der Waals surface area contributed by atoms with Crippen LogP contribution >= 0.6 is 0 Å². The van der Waals surface area contributed by atoms with Crippen molar-refractivity contribution in [3.05, 3.63) is 53.6 Å². The van der Waals surface area contributed by atoms with Crippen molar-refractivity contribution in [3.63, 3.8) is 0 Å². The normalized spacial score (nSPS) is 11.7. The van der Waals surface area contributed by atoms with E-state index < -0.39 is 5.91 Å². The lowest BCUT2D eigenvalue weighted by Gasteiger charge is -2.18. The molecule has 118 valence electrons. The van der Waals surface area contributed by atoms with Crippen LogP contribution in [0.3, 0.4) is 0 Å². The summed E-state index contributed by atoms with van der Waals surface area (Å²) >= 11 is 0. The fraction of sp³-hybridized carbons (Fsp3) is 0.222. The minimum atomic E-state index is -0.544. The molecule has 5 nitrogen and oxygen atoms in total. The van der Waals surface area contributed by atoms with E-state index in [9.17, 15) is 4.79 Å². The third-order valence-electron chi connectivity index (χ3n) is 3.87. The summed E-state index contributed by atoms with van der Waals surface area (Å²) < 4.78 is 0. The molecule has 0 aliphatic rings. The highest BCUT2D eigenvalue weighted by Gasteiger charge is 2.14. The topological polar surface area (TPSA) is 78.0 Å². The highest BCUT2D eigenvalue weighted by Crippen LogP contribution is 2.26. The number of hydrogen-bond acceptors (Lipinski definition) is 3. The summed E-state index contributed by atoms with van der Waals surface area (Å²) in [5.74, 6) is 0.208. The van der Waals surface area contributed by atoms with Gasteiger partial charge in [-0.15, -0.1) is 0 Å². The van der Waals surface area contributed by atoms with Gasteiger partial charge in [0.05, 0.1) is 11.0 Å². The molecule has 0 fully saturated rings. The van der Waals surface area contributed by atoms with Crippen LogP contribution in [0.5, 0.6) is 0 Å². The van der Waals surface area contributed by atoms with Gasteiger partial charge < -0.3 is 4.98 Å². The number of aromatic amines is 1. The first-order valence-electron chi connectivity index (χ1n) is 7.43. The van der Waals surface area contributed by atoms with Gasteiger partial charge in [-0.1, -0.05) is 45.0 Å². The average Bonchev–Trinajstić information content (AvgIpc) is 2.96. The monoisotopic (exact) mass is 309 g/mol. The van der Waals surface area contributed by atoms with E-state index in [0.29, 0.717) is 5.56 Å². The fourth-order valence-electron chi connectivity index (χ4n) is 2.48. The Morgan fingerprint density at radius 3 is 2.43 bits per heavy atom. The Balaban J connectivity index is 1.98. The molecule has 1 amide bonds. The van der Waals surface area contributed by atoms with Crippen LogP contribution in [-0.2, 0) is 5.41 Å². The smallest absolute Gasteiger partial charge is 0.274 e. The van der Waals surface area contributed by atoms with Crippen LogP contribution in [0.4, 0.5) is 0 Å². The van der Waals surface area contributed by atoms with E-state index in [1.807, 2.05) is 12.1 Å². The summed E-state index contributed by atoms with van der Waals surface area (Å²) in [5.41, 5.74) is 5.89. The summed E-state index contributed by atoms with van der Waals surface area (Å²) in [7, 11) is 0. The van der Waals surface area contributed by atoms with E-state index in [1.165, 1.54) is 5.56 Å². The van der Waals surface area contributed by atoms with Gasteiger partial charge >= 0.3 is 0 Å². The lowest BCUT2D eigenvalue weighted by atomic mass is 9.87. The quantitative estimate of drug-likeness (QED) is 0.499. The molecule has 0 spiro atoms. The van der Waals surface area contributed by atoms with Crippen molar-refractivity contribution in [2.75, 3.05) is 0 Å². The number of nitrogens with zero attached hydrogens (tertiary/aromatic N) is 1. The number of aromatic nitrogens is 2. The molecule has 0 atom stereocenters. The van der Waals surface area contributed by atoms with Gasteiger partial charge in [0.1, 0.15) is 5.82 Å². The van der Waals surface area contributed by atoms with Crippen molar-refractivity contribution in [3.8, 4) is 11.4 Å². The number of hydroxylamine groups is 1. The SMILES string of the molecule is CC(C)(C)c1ccc(-c2nc3ccc(C(=O)NO)cc3[nH]2)cc1. The first-order chi connectivity index (χ1) is 10.9. The summed E-state index contributed by atoms with van der Waals surface area (Å²) in [6, 6.07) is 13.3. The molecule has 0 aliphatic carbocycles. The van der Waals surface area contributed by atoms with E-state index in [0.717, 1.165) is 22.4 Å². The van der Waals surface area contributed by atoms with Crippen molar-refractivity contribution >= 4 is 16.9 Å². The Morgan fingerprint density at radius 1 is 1.13 bits per heavy atom. The highest BCUT2D eigenvalue weighted by molar-refractivity contribution is 5.97. The molecule has 1 heterocycles. The number of amides is 1. The molecule has 0 radical (unpaired) electrons. The molecule has 3 rings (SSSR count). The van der Waals surface area contributed by atoms with Crippen LogP contribution in [0.25, 0.3) is 22.4 Å². The standard InChI is InChI=1S/C18H19N3O2/c1-18(2,3)13-7-4-11(5-8-13)16-19-14-9-6-12(17(22)21-23)10-15(14)20-16/h4-10,23H,1-3H3,(H,19,20)(H,21,22). The predicted octanol–water partition coefficient (Wildman–Crippen LogP) is 3.65. The molecule has 3 aromatic rings. The number of H-pyrrole nitrogens is 1. The minimum absolute atomic E-state index is 0.110. The zero-order valence-corrected chi connectivity index (χ0v) is 13.3. The third-order valence-corrected chi connectivity index (χ3v) is 3.87. The van der Waals surface area contributed by atoms with Gasteiger partial charge in [0.2, 0.25) is 0 Å².